The first-order chi connectivity index (χ1) is 10.6. The van der Waals surface area contributed by atoms with Gasteiger partial charge in [-0.25, -0.2) is 0 Å². The van der Waals surface area contributed by atoms with Crippen molar-refractivity contribution < 1.29 is 9.90 Å². The molecule has 3 rings (SSSR count). The van der Waals surface area contributed by atoms with Gasteiger partial charge in [-0.05, 0) is 49.3 Å². The number of piperazine rings is 1. The third-order valence-electron chi connectivity index (χ3n) is 5.03. The summed E-state index contributed by atoms with van der Waals surface area (Å²) in [6.45, 7) is 8.91. The van der Waals surface area contributed by atoms with Crippen LogP contribution in [-0.4, -0.2) is 53.6 Å². The molecular weight excluding hydrogens is 276 g/mol. The number of benzene rings is 1. The van der Waals surface area contributed by atoms with Gasteiger partial charge >= 0.3 is 5.97 Å². The summed E-state index contributed by atoms with van der Waals surface area (Å²) in [6.07, 6.45) is 2.75. The van der Waals surface area contributed by atoms with E-state index >= 15 is 0 Å². The van der Waals surface area contributed by atoms with Gasteiger partial charge in [-0.15, -0.1) is 0 Å². The Kier molecular flexibility index (Phi) is 4.50. The molecule has 1 atom stereocenters. The number of nitrogens with zero attached hydrogens (tertiary/aromatic N) is 2. The average Bonchev–Trinajstić information content (AvgIpc) is 3.28. The fourth-order valence-electron chi connectivity index (χ4n) is 3.59. The molecule has 22 heavy (non-hydrogen) atoms. The first kappa shape index (κ1) is 15.5. The molecule has 2 fully saturated rings. The Balaban J connectivity index is 1.73. The van der Waals surface area contributed by atoms with Crippen LogP contribution in [0, 0.1) is 19.8 Å². The predicted octanol–water partition coefficient (Wildman–Crippen LogP) is 2.46. The highest BCUT2D eigenvalue weighted by atomic mass is 16.4. The fraction of sp³-hybridized carbons (Fsp3) is 0.611. The summed E-state index contributed by atoms with van der Waals surface area (Å²) in [5.74, 6) is 0.175. The Morgan fingerprint density at radius 1 is 1.18 bits per heavy atom. The second-order valence-corrected chi connectivity index (χ2v) is 6.83. The van der Waals surface area contributed by atoms with E-state index in [0.717, 1.165) is 48.8 Å². The van der Waals surface area contributed by atoms with Crippen molar-refractivity contribution in [3.63, 3.8) is 0 Å². The normalized spacial score (nSPS) is 21.7. The quantitative estimate of drug-likeness (QED) is 0.907. The van der Waals surface area contributed by atoms with Gasteiger partial charge < -0.3 is 10.0 Å². The first-order valence-corrected chi connectivity index (χ1v) is 8.31. The van der Waals surface area contributed by atoms with Crippen molar-refractivity contribution in [1.29, 1.82) is 0 Å². The number of rotatable bonds is 5. The molecule has 4 nitrogen and oxygen atoms in total. The van der Waals surface area contributed by atoms with E-state index in [2.05, 4.69) is 9.80 Å². The van der Waals surface area contributed by atoms with E-state index < -0.39 is 12.0 Å². The number of hydrogen-bond donors (Lipinski definition) is 1. The Morgan fingerprint density at radius 2 is 1.77 bits per heavy atom. The lowest BCUT2D eigenvalue weighted by Crippen LogP contribution is -2.49. The van der Waals surface area contributed by atoms with Crippen molar-refractivity contribution in [2.24, 2.45) is 5.92 Å². The van der Waals surface area contributed by atoms with Gasteiger partial charge in [-0.2, -0.15) is 0 Å². The molecule has 0 unspecified atom stereocenters. The van der Waals surface area contributed by atoms with Crippen molar-refractivity contribution in [3.8, 4) is 0 Å². The summed E-state index contributed by atoms with van der Waals surface area (Å²) in [6, 6.07) is 5.52. The molecular formula is C18H26N2O2. The molecule has 1 aliphatic heterocycles. The van der Waals surface area contributed by atoms with Crippen molar-refractivity contribution in [3.05, 3.63) is 34.9 Å². The average molecular weight is 302 g/mol. The van der Waals surface area contributed by atoms with Crippen LogP contribution in [0.5, 0.6) is 0 Å². The van der Waals surface area contributed by atoms with E-state index in [1.807, 2.05) is 32.0 Å². The maximum Gasteiger partial charge on any atom is 0.325 e. The molecule has 1 heterocycles. The van der Waals surface area contributed by atoms with Crippen LogP contribution in [0.25, 0.3) is 0 Å². The molecule has 1 saturated carbocycles. The van der Waals surface area contributed by atoms with Gasteiger partial charge in [0, 0.05) is 32.7 Å². The van der Waals surface area contributed by atoms with Crippen LogP contribution in [0.2, 0.25) is 0 Å². The SMILES string of the molecule is Cc1cccc(C)c1[C@H](C(=O)O)N1CCN(CC2CC2)CC1. The zero-order chi connectivity index (χ0) is 15.7. The molecule has 0 bridgehead atoms. The summed E-state index contributed by atoms with van der Waals surface area (Å²) in [5, 5.41) is 9.79. The molecule has 1 aromatic carbocycles. The third-order valence-corrected chi connectivity index (χ3v) is 5.03. The minimum Gasteiger partial charge on any atom is -0.480 e. The molecule has 1 saturated heterocycles. The maximum atomic E-state index is 11.9. The van der Waals surface area contributed by atoms with Crippen molar-refractivity contribution in [2.75, 3.05) is 32.7 Å². The van der Waals surface area contributed by atoms with Crippen LogP contribution in [0.1, 0.15) is 35.6 Å². The Hall–Kier alpha value is -1.39. The van der Waals surface area contributed by atoms with Crippen molar-refractivity contribution in [2.45, 2.75) is 32.7 Å². The van der Waals surface area contributed by atoms with E-state index in [9.17, 15) is 9.90 Å². The summed E-state index contributed by atoms with van der Waals surface area (Å²) < 4.78 is 0. The van der Waals surface area contributed by atoms with Crippen LogP contribution in [0.15, 0.2) is 18.2 Å². The maximum absolute atomic E-state index is 11.9. The fourth-order valence-corrected chi connectivity index (χ4v) is 3.59. The van der Waals surface area contributed by atoms with Crippen LogP contribution in [0.4, 0.5) is 0 Å². The van der Waals surface area contributed by atoms with Gasteiger partial charge in [0.25, 0.3) is 0 Å². The van der Waals surface area contributed by atoms with E-state index in [1.165, 1.54) is 19.4 Å². The second kappa shape index (κ2) is 6.39. The highest BCUT2D eigenvalue weighted by molar-refractivity contribution is 5.76. The lowest BCUT2D eigenvalue weighted by molar-refractivity contribution is -0.144. The summed E-state index contributed by atoms with van der Waals surface area (Å²) in [5.41, 5.74) is 3.13. The standard InChI is InChI=1S/C18H26N2O2/c1-13-4-3-5-14(2)16(13)17(18(21)22)20-10-8-19(9-11-20)12-15-6-7-15/h3-5,15,17H,6-12H2,1-2H3,(H,21,22)/t17-/m1/s1. The predicted molar refractivity (Wildman–Crippen MR) is 87.0 cm³/mol. The number of hydrogen-bond acceptors (Lipinski definition) is 3. The number of aliphatic carboxylic acids is 1. The molecule has 0 radical (unpaired) electrons. The van der Waals surface area contributed by atoms with E-state index in [4.69, 9.17) is 0 Å². The third kappa shape index (κ3) is 3.33. The largest absolute Gasteiger partial charge is 0.480 e. The summed E-state index contributed by atoms with van der Waals surface area (Å²) in [4.78, 5) is 16.6. The van der Waals surface area contributed by atoms with Gasteiger partial charge in [0.2, 0.25) is 0 Å². The summed E-state index contributed by atoms with van der Waals surface area (Å²) >= 11 is 0. The van der Waals surface area contributed by atoms with E-state index in [1.54, 1.807) is 0 Å². The van der Waals surface area contributed by atoms with E-state index in [-0.39, 0.29) is 0 Å². The zero-order valence-corrected chi connectivity index (χ0v) is 13.6. The van der Waals surface area contributed by atoms with Gasteiger partial charge in [-0.3, -0.25) is 9.69 Å². The van der Waals surface area contributed by atoms with Gasteiger partial charge in [-0.1, -0.05) is 18.2 Å². The minimum absolute atomic E-state index is 0.510. The smallest absolute Gasteiger partial charge is 0.325 e. The second-order valence-electron chi connectivity index (χ2n) is 6.83. The summed E-state index contributed by atoms with van der Waals surface area (Å²) in [7, 11) is 0. The van der Waals surface area contributed by atoms with Crippen LogP contribution in [0.3, 0.4) is 0 Å². The number of aryl methyl sites for hydroxylation is 2. The monoisotopic (exact) mass is 302 g/mol. The molecule has 120 valence electrons. The molecule has 1 aliphatic carbocycles. The molecule has 2 aliphatic rings. The molecule has 1 aromatic rings. The van der Waals surface area contributed by atoms with Crippen molar-refractivity contribution >= 4 is 5.97 Å². The molecule has 0 amide bonds. The van der Waals surface area contributed by atoms with E-state index in [0.29, 0.717) is 0 Å². The Bertz CT molecular complexity index is 526. The van der Waals surface area contributed by atoms with Gasteiger partial charge in [0.05, 0.1) is 0 Å². The first-order valence-electron chi connectivity index (χ1n) is 8.31. The van der Waals surface area contributed by atoms with Crippen LogP contribution >= 0.6 is 0 Å². The minimum atomic E-state index is -0.729. The van der Waals surface area contributed by atoms with Crippen LogP contribution < -0.4 is 0 Å². The topological polar surface area (TPSA) is 43.8 Å². The zero-order valence-electron chi connectivity index (χ0n) is 13.6. The number of carboxylic acid groups (broad SMARTS) is 1. The lowest BCUT2D eigenvalue weighted by Gasteiger charge is -2.38. The Morgan fingerprint density at radius 3 is 2.27 bits per heavy atom. The number of carbonyl (C=O) groups is 1. The van der Waals surface area contributed by atoms with Crippen LogP contribution in [-0.2, 0) is 4.79 Å². The highest BCUT2D eigenvalue weighted by Gasteiger charge is 2.33. The number of carboxylic acids is 1. The van der Waals surface area contributed by atoms with Gasteiger partial charge in [0.15, 0.2) is 0 Å². The lowest BCUT2D eigenvalue weighted by atomic mass is 9.94. The van der Waals surface area contributed by atoms with Crippen molar-refractivity contribution in [1.82, 2.24) is 9.80 Å². The highest BCUT2D eigenvalue weighted by Crippen LogP contribution is 2.31. The molecule has 0 spiro atoms. The molecule has 0 aromatic heterocycles. The van der Waals surface area contributed by atoms with Gasteiger partial charge in [0.1, 0.15) is 6.04 Å². The molecule has 1 N–H and O–H groups in total. The molecule has 4 heteroatoms. The Labute approximate surface area is 132 Å².